The average molecular weight is 905 g/mol. The third-order valence-corrected chi connectivity index (χ3v) is 13.9. The molecule has 0 saturated carbocycles. The van der Waals surface area contributed by atoms with Crippen LogP contribution < -0.4 is 0 Å². The maximum atomic E-state index is 11.4. The predicted molar refractivity (Wildman–Crippen MR) is 291 cm³/mol. The number of hydrogen-bond donors (Lipinski definition) is 1. The Labute approximate surface area is 408 Å². The van der Waals surface area contributed by atoms with Crippen molar-refractivity contribution in [3.8, 4) is 62.0 Å². The molecule has 3 heterocycles. The Bertz CT molecular complexity index is 3550. The molecule has 0 radical (unpaired) electrons. The van der Waals surface area contributed by atoms with Gasteiger partial charge in [0.15, 0.2) is 0 Å². The minimum Gasteiger partial charge on any atom is -0.507 e. The number of phenols is 1. The number of phenolic OH excluding ortho intramolecular Hbond substituents is 1. The standard InChI is InChI=1S/C64H64N4O/c1-61(2,3)43-34-44(62(4,5)6)37-47(36-43)67-55-27-15-13-22-51(55)52-26-18-25-50(59(52)67)41-30-31-65-54(33-41)42-21-17-20-40(32-42)49-24-19-28-56-58(49)66-60(53-23-14-16-29-57(53)69)68(56)48-38-45(63(7,8)9)35-46(39-48)64(10,11)12/h13-39,69H,1-12H3. The zero-order valence-corrected chi connectivity index (χ0v) is 42.3. The van der Waals surface area contributed by atoms with Crippen LogP contribution >= 0.6 is 0 Å². The number of pyridine rings is 1. The normalized spacial score (nSPS) is 12.7. The largest absolute Gasteiger partial charge is 0.507 e. The topological polar surface area (TPSA) is 55.9 Å². The molecule has 5 heteroatoms. The van der Waals surface area contributed by atoms with E-state index in [-0.39, 0.29) is 27.4 Å². The molecule has 0 bridgehead atoms. The summed E-state index contributed by atoms with van der Waals surface area (Å²) in [6.45, 7) is 27.4. The molecule has 346 valence electrons. The number of hydrogen-bond acceptors (Lipinski definition) is 3. The van der Waals surface area contributed by atoms with Crippen LogP contribution in [-0.2, 0) is 21.7 Å². The Kier molecular flexibility index (Phi) is 10.9. The van der Waals surface area contributed by atoms with Gasteiger partial charge < -0.3 is 9.67 Å². The fourth-order valence-electron chi connectivity index (χ4n) is 9.77. The molecule has 3 aromatic heterocycles. The predicted octanol–water partition coefficient (Wildman–Crippen LogP) is 17.1. The summed E-state index contributed by atoms with van der Waals surface area (Å²) in [4.78, 5) is 10.5. The average Bonchev–Trinajstić information content (AvgIpc) is 3.87. The lowest BCUT2D eigenvalue weighted by atomic mass is 9.80. The van der Waals surface area contributed by atoms with E-state index in [4.69, 9.17) is 9.97 Å². The van der Waals surface area contributed by atoms with Crippen LogP contribution in [0, 0.1) is 0 Å². The van der Waals surface area contributed by atoms with Crippen molar-refractivity contribution in [3.05, 3.63) is 186 Å². The molecule has 0 spiro atoms. The summed E-state index contributed by atoms with van der Waals surface area (Å²) in [5.41, 5.74) is 18.2. The molecule has 0 fully saturated rings. The molecule has 0 saturated heterocycles. The van der Waals surface area contributed by atoms with Gasteiger partial charge in [-0.3, -0.25) is 9.55 Å². The van der Waals surface area contributed by atoms with Crippen molar-refractivity contribution < 1.29 is 5.11 Å². The highest BCUT2D eigenvalue weighted by atomic mass is 16.3. The summed E-state index contributed by atoms with van der Waals surface area (Å²) in [6.07, 6.45) is 1.94. The van der Waals surface area contributed by atoms with Crippen molar-refractivity contribution in [3.63, 3.8) is 0 Å². The van der Waals surface area contributed by atoms with Gasteiger partial charge in [-0.1, -0.05) is 174 Å². The molecular formula is C64H64N4O. The molecule has 7 aromatic carbocycles. The van der Waals surface area contributed by atoms with Gasteiger partial charge in [-0.05, 0) is 122 Å². The smallest absolute Gasteiger partial charge is 0.149 e. The first kappa shape index (κ1) is 45.5. The van der Waals surface area contributed by atoms with E-state index >= 15 is 0 Å². The first-order valence-electron chi connectivity index (χ1n) is 24.4. The maximum Gasteiger partial charge on any atom is 0.149 e. The molecule has 69 heavy (non-hydrogen) atoms. The van der Waals surface area contributed by atoms with Gasteiger partial charge in [0.2, 0.25) is 0 Å². The van der Waals surface area contributed by atoms with E-state index in [1.165, 1.54) is 49.7 Å². The van der Waals surface area contributed by atoms with Crippen molar-refractivity contribution in [1.82, 2.24) is 19.1 Å². The van der Waals surface area contributed by atoms with Crippen molar-refractivity contribution in [1.29, 1.82) is 0 Å². The zero-order valence-electron chi connectivity index (χ0n) is 42.3. The lowest BCUT2D eigenvalue weighted by molar-refractivity contribution is 0.477. The first-order chi connectivity index (χ1) is 32.6. The molecule has 10 rings (SSSR count). The van der Waals surface area contributed by atoms with Crippen LogP contribution in [0.2, 0.25) is 0 Å². The number of imidazole rings is 1. The van der Waals surface area contributed by atoms with Gasteiger partial charge in [-0.2, -0.15) is 0 Å². The highest BCUT2D eigenvalue weighted by Crippen LogP contribution is 2.43. The molecule has 0 aliphatic heterocycles. The summed E-state index contributed by atoms with van der Waals surface area (Å²) in [5.74, 6) is 0.883. The van der Waals surface area contributed by atoms with E-state index in [9.17, 15) is 5.11 Å². The Balaban J connectivity index is 1.14. The quantitative estimate of drug-likeness (QED) is 0.181. The summed E-state index contributed by atoms with van der Waals surface area (Å²) in [5, 5.41) is 13.8. The van der Waals surface area contributed by atoms with Crippen LogP contribution in [-0.4, -0.2) is 24.2 Å². The molecule has 1 N–H and O–H groups in total. The fourth-order valence-corrected chi connectivity index (χ4v) is 9.77. The van der Waals surface area contributed by atoms with Crippen molar-refractivity contribution in [2.75, 3.05) is 0 Å². The second kappa shape index (κ2) is 16.5. The minimum absolute atomic E-state index is 0.0287. The van der Waals surface area contributed by atoms with E-state index in [0.29, 0.717) is 11.4 Å². The van der Waals surface area contributed by atoms with Crippen molar-refractivity contribution >= 4 is 32.8 Å². The Morgan fingerprint density at radius 1 is 0.406 bits per heavy atom. The van der Waals surface area contributed by atoms with Gasteiger partial charge >= 0.3 is 0 Å². The molecule has 5 nitrogen and oxygen atoms in total. The van der Waals surface area contributed by atoms with Gasteiger partial charge in [0.1, 0.15) is 11.6 Å². The zero-order chi connectivity index (χ0) is 48.8. The molecule has 0 unspecified atom stereocenters. The molecule has 0 atom stereocenters. The van der Waals surface area contributed by atoms with Crippen LogP contribution in [0.3, 0.4) is 0 Å². The Morgan fingerprint density at radius 2 is 0.899 bits per heavy atom. The van der Waals surface area contributed by atoms with Crippen molar-refractivity contribution in [2.45, 2.75) is 105 Å². The number of nitrogens with zero attached hydrogens (tertiary/aromatic N) is 4. The third kappa shape index (κ3) is 8.32. The van der Waals surface area contributed by atoms with Crippen LogP contribution in [0.4, 0.5) is 0 Å². The van der Waals surface area contributed by atoms with Crippen LogP contribution in [0.5, 0.6) is 5.75 Å². The highest BCUT2D eigenvalue weighted by Gasteiger charge is 2.27. The molecular weight excluding hydrogens is 841 g/mol. The van der Waals surface area contributed by atoms with Gasteiger partial charge in [0.25, 0.3) is 0 Å². The van der Waals surface area contributed by atoms with E-state index in [1.54, 1.807) is 6.07 Å². The third-order valence-electron chi connectivity index (χ3n) is 13.9. The number of fused-ring (bicyclic) bond motifs is 4. The Morgan fingerprint density at radius 3 is 1.54 bits per heavy atom. The minimum atomic E-state index is -0.0858. The molecule has 10 aromatic rings. The summed E-state index contributed by atoms with van der Waals surface area (Å²) in [6, 6.07) is 56.6. The summed E-state index contributed by atoms with van der Waals surface area (Å²) in [7, 11) is 0. The molecule has 0 amide bonds. The van der Waals surface area contributed by atoms with Crippen LogP contribution in [0.15, 0.2) is 164 Å². The summed E-state index contributed by atoms with van der Waals surface area (Å²) >= 11 is 0. The number of para-hydroxylation sites is 4. The number of aromatic nitrogens is 4. The number of rotatable bonds is 6. The van der Waals surface area contributed by atoms with E-state index in [2.05, 4.69) is 226 Å². The van der Waals surface area contributed by atoms with Crippen LogP contribution in [0.25, 0.3) is 89.1 Å². The van der Waals surface area contributed by atoms with Gasteiger partial charge in [-0.25, -0.2) is 4.98 Å². The van der Waals surface area contributed by atoms with E-state index in [1.807, 2.05) is 24.4 Å². The van der Waals surface area contributed by atoms with Crippen LogP contribution in [0.1, 0.15) is 105 Å². The fraction of sp³-hybridized carbons (Fsp3) is 0.250. The summed E-state index contributed by atoms with van der Waals surface area (Å²) < 4.78 is 4.72. The highest BCUT2D eigenvalue weighted by molar-refractivity contribution is 6.14. The second-order valence-electron chi connectivity index (χ2n) is 23.1. The molecule has 0 aliphatic carbocycles. The number of benzene rings is 7. The van der Waals surface area contributed by atoms with E-state index < -0.39 is 0 Å². The van der Waals surface area contributed by atoms with E-state index in [0.717, 1.165) is 50.2 Å². The van der Waals surface area contributed by atoms with Gasteiger partial charge in [-0.15, -0.1) is 0 Å². The lowest BCUT2D eigenvalue weighted by Crippen LogP contribution is -2.17. The monoisotopic (exact) mass is 905 g/mol. The maximum absolute atomic E-state index is 11.4. The number of aromatic hydroxyl groups is 1. The Hall–Kier alpha value is -7.24. The van der Waals surface area contributed by atoms with Gasteiger partial charge in [0, 0.05) is 45.0 Å². The van der Waals surface area contributed by atoms with Crippen molar-refractivity contribution in [2.24, 2.45) is 0 Å². The lowest BCUT2D eigenvalue weighted by Gasteiger charge is -2.27. The molecule has 0 aliphatic rings. The first-order valence-corrected chi connectivity index (χ1v) is 24.4. The second-order valence-corrected chi connectivity index (χ2v) is 23.1. The van der Waals surface area contributed by atoms with Gasteiger partial charge in [0.05, 0.1) is 33.3 Å². The SMILES string of the molecule is CC(C)(C)c1cc(-n2c(-c3ccccc3O)nc3c(-c4cccc(-c5cc(-c6cccc7c8ccccc8n(-c8cc(C(C)(C)C)cc(C(C)(C)C)c8)c67)ccn5)c4)cccc32)cc(C(C)(C)C)c1.